The minimum Gasteiger partial charge on any atom is -0.331 e. The van der Waals surface area contributed by atoms with Crippen molar-refractivity contribution >= 4 is 21.8 Å². The molecule has 14 heavy (non-hydrogen) atoms. The average molecular weight is 274 g/mol. The number of nitrogens with zero attached hydrogens (tertiary/aromatic N) is 1. The van der Waals surface area contributed by atoms with Gasteiger partial charge in [0.05, 0.1) is 0 Å². The molecule has 0 unspecified atom stereocenters. The van der Waals surface area contributed by atoms with Gasteiger partial charge in [0.15, 0.2) is 0 Å². The maximum absolute atomic E-state index is 12.1. The number of carbonyl (C=O) groups is 1. The second-order valence-corrected chi connectivity index (χ2v) is 4.10. The highest BCUT2D eigenvalue weighted by Gasteiger charge is 2.40. The molecule has 0 N–H and O–H groups in total. The van der Waals surface area contributed by atoms with Gasteiger partial charge in [0.2, 0.25) is 5.91 Å². The van der Waals surface area contributed by atoms with Crippen LogP contribution in [0.4, 0.5) is 13.2 Å². The predicted octanol–water partition coefficient (Wildman–Crippen LogP) is 2.32. The summed E-state index contributed by atoms with van der Waals surface area (Å²) in [5.74, 6) is -0.415. The first-order valence-corrected chi connectivity index (χ1v) is 5.48. The number of alkyl halides is 4. The lowest BCUT2D eigenvalue weighted by atomic mass is 10.3. The number of carbonyl (C=O) groups excluding carboxylic acids is 1. The zero-order valence-electron chi connectivity index (χ0n) is 7.48. The second-order valence-electron chi connectivity index (χ2n) is 3.31. The molecule has 1 fully saturated rings. The second kappa shape index (κ2) is 4.51. The molecule has 1 saturated carbocycles. The summed E-state index contributed by atoms with van der Waals surface area (Å²) in [6.45, 7) is -1.11. The Morgan fingerprint density at radius 3 is 2.36 bits per heavy atom. The van der Waals surface area contributed by atoms with Crippen molar-refractivity contribution in [3.63, 3.8) is 0 Å². The molecule has 0 atom stereocenters. The molecule has 1 rings (SSSR count). The van der Waals surface area contributed by atoms with Crippen molar-refractivity contribution in [3.8, 4) is 0 Å². The SMILES string of the molecule is O=C(CCBr)N(CC(F)(F)F)C1CC1. The van der Waals surface area contributed by atoms with E-state index in [9.17, 15) is 18.0 Å². The molecule has 0 spiro atoms. The molecule has 0 aromatic rings. The summed E-state index contributed by atoms with van der Waals surface area (Å²) >= 11 is 3.04. The summed E-state index contributed by atoms with van der Waals surface area (Å²) in [6.07, 6.45) is -2.76. The van der Waals surface area contributed by atoms with Crippen molar-refractivity contribution < 1.29 is 18.0 Å². The first kappa shape index (κ1) is 11.8. The van der Waals surface area contributed by atoms with Crippen LogP contribution in [0.25, 0.3) is 0 Å². The number of amides is 1. The van der Waals surface area contributed by atoms with E-state index in [-0.39, 0.29) is 12.5 Å². The Kier molecular flexibility index (Phi) is 3.80. The Morgan fingerprint density at radius 2 is 2.00 bits per heavy atom. The fourth-order valence-electron chi connectivity index (χ4n) is 1.22. The zero-order valence-corrected chi connectivity index (χ0v) is 9.07. The van der Waals surface area contributed by atoms with Crippen molar-refractivity contribution in [2.45, 2.75) is 31.5 Å². The summed E-state index contributed by atoms with van der Waals surface area (Å²) in [6, 6.07) is -0.178. The van der Waals surface area contributed by atoms with Crippen LogP contribution in [0.1, 0.15) is 19.3 Å². The summed E-state index contributed by atoms with van der Waals surface area (Å²) in [4.78, 5) is 12.2. The molecule has 0 bridgehead atoms. The fourth-order valence-corrected chi connectivity index (χ4v) is 1.56. The van der Waals surface area contributed by atoms with Crippen molar-refractivity contribution in [1.82, 2.24) is 4.90 Å². The maximum atomic E-state index is 12.1. The molecular weight excluding hydrogens is 263 g/mol. The highest BCUT2D eigenvalue weighted by atomic mass is 79.9. The van der Waals surface area contributed by atoms with E-state index < -0.39 is 18.6 Å². The molecule has 0 heterocycles. The third kappa shape index (κ3) is 3.86. The van der Waals surface area contributed by atoms with Crippen molar-refractivity contribution in [1.29, 1.82) is 0 Å². The van der Waals surface area contributed by atoms with E-state index in [1.54, 1.807) is 0 Å². The van der Waals surface area contributed by atoms with Crippen LogP contribution in [0.2, 0.25) is 0 Å². The van der Waals surface area contributed by atoms with Crippen LogP contribution in [-0.4, -0.2) is 34.9 Å². The van der Waals surface area contributed by atoms with Gasteiger partial charge >= 0.3 is 6.18 Å². The lowest BCUT2D eigenvalue weighted by Crippen LogP contribution is -2.40. The lowest BCUT2D eigenvalue weighted by Gasteiger charge is -2.23. The van der Waals surface area contributed by atoms with Crippen LogP contribution in [0.3, 0.4) is 0 Å². The molecular formula is C8H11BrF3NO. The fraction of sp³-hybridized carbons (Fsp3) is 0.875. The molecule has 0 aromatic carbocycles. The van der Waals surface area contributed by atoms with Gasteiger partial charge in [0, 0.05) is 17.8 Å². The molecule has 1 amide bonds. The van der Waals surface area contributed by atoms with E-state index in [0.717, 1.165) is 4.90 Å². The molecule has 0 aromatic heterocycles. The van der Waals surface area contributed by atoms with Crippen LogP contribution < -0.4 is 0 Å². The van der Waals surface area contributed by atoms with Crippen molar-refractivity contribution in [2.24, 2.45) is 0 Å². The molecule has 0 radical (unpaired) electrons. The molecule has 1 aliphatic carbocycles. The summed E-state index contributed by atoms with van der Waals surface area (Å²) in [7, 11) is 0. The summed E-state index contributed by atoms with van der Waals surface area (Å²) in [5.41, 5.74) is 0. The summed E-state index contributed by atoms with van der Waals surface area (Å²) in [5, 5.41) is 0.410. The first-order valence-electron chi connectivity index (χ1n) is 4.36. The van der Waals surface area contributed by atoms with E-state index in [2.05, 4.69) is 15.9 Å². The van der Waals surface area contributed by atoms with Gasteiger partial charge in [-0.2, -0.15) is 13.2 Å². The van der Waals surface area contributed by atoms with Crippen LogP contribution in [0.5, 0.6) is 0 Å². The Labute approximate surface area is 88.6 Å². The molecule has 1 aliphatic rings. The van der Waals surface area contributed by atoms with Gasteiger partial charge in [-0.25, -0.2) is 0 Å². The van der Waals surface area contributed by atoms with Gasteiger partial charge in [-0.15, -0.1) is 0 Å². The predicted molar refractivity (Wildman–Crippen MR) is 49.2 cm³/mol. The van der Waals surface area contributed by atoms with Gasteiger partial charge < -0.3 is 4.90 Å². The van der Waals surface area contributed by atoms with Gasteiger partial charge in [-0.3, -0.25) is 4.79 Å². The Bertz CT molecular complexity index is 215. The standard InChI is InChI=1S/C8H11BrF3NO/c9-4-3-7(14)13(6-1-2-6)5-8(10,11)12/h6H,1-5H2. The summed E-state index contributed by atoms with van der Waals surface area (Å²) < 4.78 is 36.3. The molecule has 0 aliphatic heterocycles. The highest BCUT2D eigenvalue weighted by Crippen LogP contribution is 2.30. The molecule has 82 valence electrons. The van der Waals surface area contributed by atoms with Gasteiger partial charge in [0.25, 0.3) is 0 Å². The van der Waals surface area contributed by atoms with Crippen LogP contribution in [0, 0.1) is 0 Å². The van der Waals surface area contributed by atoms with E-state index >= 15 is 0 Å². The Hall–Kier alpha value is -0.260. The van der Waals surface area contributed by atoms with Gasteiger partial charge in [-0.1, -0.05) is 15.9 Å². The number of halogens is 4. The van der Waals surface area contributed by atoms with Crippen LogP contribution in [-0.2, 0) is 4.79 Å². The molecule has 2 nitrogen and oxygen atoms in total. The van der Waals surface area contributed by atoms with E-state index in [0.29, 0.717) is 18.2 Å². The smallest absolute Gasteiger partial charge is 0.331 e. The minimum absolute atomic E-state index is 0.132. The number of hydrogen-bond donors (Lipinski definition) is 0. The number of hydrogen-bond acceptors (Lipinski definition) is 1. The van der Waals surface area contributed by atoms with Crippen molar-refractivity contribution in [2.75, 3.05) is 11.9 Å². The highest BCUT2D eigenvalue weighted by molar-refractivity contribution is 9.09. The minimum atomic E-state index is -4.29. The Balaban J connectivity index is 2.51. The molecule has 0 saturated heterocycles. The monoisotopic (exact) mass is 273 g/mol. The zero-order chi connectivity index (χ0) is 10.8. The number of rotatable bonds is 4. The topological polar surface area (TPSA) is 20.3 Å². The third-order valence-corrected chi connectivity index (χ3v) is 2.36. The van der Waals surface area contributed by atoms with Gasteiger partial charge in [0.1, 0.15) is 6.54 Å². The quantitative estimate of drug-likeness (QED) is 0.720. The van der Waals surface area contributed by atoms with Gasteiger partial charge in [-0.05, 0) is 12.8 Å². The average Bonchev–Trinajstić information content (AvgIpc) is 2.81. The van der Waals surface area contributed by atoms with E-state index in [1.807, 2.05) is 0 Å². The van der Waals surface area contributed by atoms with Crippen LogP contribution in [0.15, 0.2) is 0 Å². The third-order valence-electron chi connectivity index (χ3n) is 1.97. The Morgan fingerprint density at radius 1 is 1.43 bits per heavy atom. The van der Waals surface area contributed by atoms with Crippen LogP contribution >= 0.6 is 15.9 Å². The van der Waals surface area contributed by atoms with E-state index in [4.69, 9.17) is 0 Å². The largest absolute Gasteiger partial charge is 0.406 e. The van der Waals surface area contributed by atoms with E-state index in [1.165, 1.54) is 0 Å². The molecule has 6 heteroatoms. The van der Waals surface area contributed by atoms with Crippen molar-refractivity contribution in [3.05, 3.63) is 0 Å². The lowest BCUT2D eigenvalue weighted by molar-refractivity contribution is -0.162. The maximum Gasteiger partial charge on any atom is 0.406 e. The first-order chi connectivity index (χ1) is 6.44. The normalized spacial score (nSPS) is 16.9.